The number of aliphatic hydroxyl groups is 1. The third kappa shape index (κ3) is 6.30. The number of ether oxygens (including phenoxy) is 1. The number of thiophene rings is 1. The zero-order chi connectivity index (χ0) is 23.2. The first-order chi connectivity index (χ1) is 16.0. The molecule has 1 saturated carbocycles. The molecule has 3 aromatic rings. The molecule has 2 aromatic carbocycles. The molecule has 0 aliphatic heterocycles. The van der Waals surface area contributed by atoms with Crippen LogP contribution in [0.25, 0.3) is 10.8 Å². The van der Waals surface area contributed by atoms with Crippen molar-refractivity contribution >= 4 is 51.4 Å². The minimum atomic E-state index is -0.950. The number of aliphatic hydroxyl groups excluding tert-OH is 1. The topological polar surface area (TPSA) is 46.5 Å². The molecule has 2 unspecified atom stereocenters. The number of hydrogen-bond acceptors (Lipinski definition) is 5. The summed E-state index contributed by atoms with van der Waals surface area (Å²) in [5.41, 5.74) is 0. The predicted molar refractivity (Wildman–Crippen MR) is 135 cm³/mol. The lowest BCUT2D eigenvalue weighted by Crippen LogP contribution is -2.21. The Kier molecular flexibility index (Phi) is 8.69. The molecule has 176 valence electrons. The van der Waals surface area contributed by atoms with Crippen LogP contribution in [0.3, 0.4) is 0 Å². The monoisotopic (exact) mass is 506 g/mol. The van der Waals surface area contributed by atoms with Crippen LogP contribution in [0.4, 0.5) is 4.39 Å². The SMILES string of the molecule is O=C(OCCO)c1ccc(CCC[C@H]2CC(F)C(Cl)[C@@H]2CSc2ccc3ccccc3c2)s1. The van der Waals surface area contributed by atoms with Crippen LogP contribution in [0, 0.1) is 11.8 Å². The Hall–Kier alpha value is -1.60. The summed E-state index contributed by atoms with van der Waals surface area (Å²) in [6.45, 7) is -0.168. The van der Waals surface area contributed by atoms with Crippen LogP contribution in [0.15, 0.2) is 59.5 Å². The average molecular weight is 507 g/mol. The van der Waals surface area contributed by atoms with Crippen LogP contribution in [0.1, 0.15) is 33.8 Å². The molecule has 1 fully saturated rings. The second kappa shape index (κ2) is 11.7. The highest BCUT2D eigenvalue weighted by molar-refractivity contribution is 7.99. The summed E-state index contributed by atoms with van der Waals surface area (Å²) in [5.74, 6) is 0.833. The molecule has 33 heavy (non-hydrogen) atoms. The normalized spacial score (nSPS) is 22.6. The molecule has 1 aromatic heterocycles. The van der Waals surface area contributed by atoms with Gasteiger partial charge in [-0.25, -0.2) is 9.18 Å². The Labute approximate surface area is 207 Å². The van der Waals surface area contributed by atoms with Crippen molar-refractivity contribution in [2.75, 3.05) is 19.0 Å². The fraction of sp³-hybridized carbons (Fsp3) is 0.423. The van der Waals surface area contributed by atoms with E-state index in [1.807, 2.05) is 18.2 Å². The molecule has 0 radical (unpaired) electrons. The van der Waals surface area contributed by atoms with Gasteiger partial charge < -0.3 is 9.84 Å². The summed E-state index contributed by atoms with van der Waals surface area (Å²) in [5, 5.41) is 10.8. The van der Waals surface area contributed by atoms with Crippen LogP contribution in [-0.2, 0) is 11.2 Å². The number of carbonyl (C=O) groups is 1. The zero-order valence-corrected chi connectivity index (χ0v) is 20.7. The average Bonchev–Trinajstić information content (AvgIpc) is 3.41. The minimum Gasteiger partial charge on any atom is -0.459 e. The van der Waals surface area contributed by atoms with E-state index in [-0.39, 0.29) is 25.0 Å². The maximum atomic E-state index is 14.5. The van der Waals surface area contributed by atoms with Crippen molar-refractivity contribution in [1.82, 2.24) is 0 Å². The van der Waals surface area contributed by atoms with Crippen molar-refractivity contribution in [3.8, 4) is 0 Å². The number of aryl methyl sites for hydroxylation is 1. The van der Waals surface area contributed by atoms with Crippen molar-refractivity contribution in [2.24, 2.45) is 11.8 Å². The van der Waals surface area contributed by atoms with Gasteiger partial charge in [-0.05, 0) is 72.6 Å². The van der Waals surface area contributed by atoms with Crippen molar-refractivity contribution in [2.45, 2.75) is 42.1 Å². The number of alkyl halides is 2. The van der Waals surface area contributed by atoms with Gasteiger partial charge >= 0.3 is 5.97 Å². The standard InChI is InChI=1S/C26H28ClFO3S2/c27-25-22(16-32-21-9-8-17-4-1-2-5-18(17)14-21)19(15-23(25)28)6-3-7-20-10-11-24(33-20)26(30)31-13-12-29/h1-2,4-5,8-11,14,19,22-23,25,29H,3,6-7,12-13,15-16H2/t19-,22+,23?,25?/m0/s1. The highest BCUT2D eigenvalue weighted by atomic mass is 35.5. The van der Waals surface area contributed by atoms with Crippen LogP contribution >= 0.6 is 34.7 Å². The zero-order valence-electron chi connectivity index (χ0n) is 18.3. The molecular formula is C26H28ClFO3S2. The maximum absolute atomic E-state index is 14.5. The van der Waals surface area contributed by atoms with Crippen LogP contribution in [-0.4, -0.2) is 41.6 Å². The lowest BCUT2D eigenvalue weighted by atomic mass is 9.92. The maximum Gasteiger partial charge on any atom is 0.348 e. The van der Waals surface area contributed by atoms with E-state index in [0.29, 0.717) is 11.3 Å². The molecule has 0 amide bonds. The van der Waals surface area contributed by atoms with Gasteiger partial charge in [0.05, 0.1) is 12.0 Å². The van der Waals surface area contributed by atoms with Crippen molar-refractivity contribution in [3.05, 3.63) is 64.4 Å². The Balaban J connectivity index is 1.30. The number of rotatable bonds is 10. The Morgan fingerprint density at radius 2 is 2.00 bits per heavy atom. The van der Waals surface area contributed by atoms with Gasteiger partial charge in [0, 0.05) is 15.5 Å². The molecule has 0 spiro atoms. The van der Waals surface area contributed by atoms with E-state index in [1.54, 1.807) is 17.8 Å². The summed E-state index contributed by atoms with van der Waals surface area (Å²) in [7, 11) is 0. The molecule has 1 aliphatic rings. The highest BCUT2D eigenvalue weighted by Crippen LogP contribution is 2.43. The van der Waals surface area contributed by atoms with Crippen molar-refractivity contribution < 1.29 is 19.0 Å². The minimum absolute atomic E-state index is 0.0103. The van der Waals surface area contributed by atoms with Crippen LogP contribution in [0.2, 0.25) is 0 Å². The van der Waals surface area contributed by atoms with Gasteiger partial charge in [0.15, 0.2) is 0 Å². The van der Waals surface area contributed by atoms with Gasteiger partial charge in [0.25, 0.3) is 0 Å². The number of benzene rings is 2. The first-order valence-electron chi connectivity index (χ1n) is 11.3. The summed E-state index contributed by atoms with van der Waals surface area (Å²) in [6, 6.07) is 18.5. The molecule has 1 N–H and O–H groups in total. The molecule has 7 heteroatoms. The lowest BCUT2D eigenvalue weighted by molar-refractivity contribution is 0.0439. The molecule has 1 aliphatic carbocycles. The molecule has 1 heterocycles. The highest BCUT2D eigenvalue weighted by Gasteiger charge is 2.42. The molecular weight excluding hydrogens is 479 g/mol. The van der Waals surface area contributed by atoms with Gasteiger partial charge in [-0.3, -0.25) is 0 Å². The Morgan fingerprint density at radius 3 is 2.82 bits per heavy atom. The largest absolute Gasteiger partial charge is 0.459 e. The summed E-state index contributed by atoms with van der Waals surface area (Å²) in [4.78, 5) is 14.8. The second-order valence-corrected chi connectivity index (χ2v) is 11.2. The predicted octanol–water partition coefficient (Wildman–Crippen LogP) is 6.75. The van der Waals surface area contributed by atoms with Gasteiger partial charge in [0.1, 0.15) is 17.7 Å². The first kappa shape index (κ1) is 24.5. The lowest BCUT2D eigenvalue weighted by Gasteiger charge is -2.21. The van der Waals surface area contributed by atoms with Crippen molar-refractivity contribution in [1.29, 1.82) is 0 Å². The van der Waals surface area contributed by atoms with E-state index in [1.165, 1.54) is 27.0 Å². The number of hydrogen-bond donors (Lipinski definition) is 1. The Bertz CT molecular complexity index is 1070. The second-order valence-electron chi connectivity index (χ2n) is 8.46. The fourth-order valence-electron chi connectivity index (χ4n) is 4.50. The third-order valence-corrected chi connectivity index (χ3v) is 9.10. The van der Waals surface area contributed by atoms with E-state index < -0.39 is 17.5 Å². The molecule has 3 nitrogen and oxygen atoms in total. The number of esters is 1. The smallest absolute Gasteiger partial charge is 0.348 e. The number of carbonyl (C=O) groups excluding carboxylic acids is 1. The third-order valence-electron chi connectivity index (χ3n) is 6.24. The van der Waals surface area contributed by atoms with E-state index in [0.717, 1.165) is 29.9 Å². The summed E-state index contributed by atoms with van der Waals surface area (Å²) in [6.07, 6.45) is 2.29. The van der Waals surface area contributed by atoms with Gasteiger partial charge in [-0.15, -0.1) is 34.7 Å². The quantitative estimate of drug-likeness (QED) is 0.188. The van der Waals surface area contributed by atoms with Crippen LogP contribution < -0.4 is 0 Å². The van der Waals surface area contributed by atoms with E-state index in [2.05, 4.69) is 30.3 Å². The summed E-state index contributed by atoms with van der Waals surface area (Å²) >= 11 is 9.70. The molecule has 4 atom stereocenters. The van der Waals surface area contributed by atoms with Crippen molar-refractivity contribution in [3.63, 3.8) is 0 Å². The van der Waals surface area contributed by atoms with Gasteiger partial charge in [-0.2, -0.15) is 0 Å². The van der Waals surface area contributed by atoms with E-state index in [4.69, 9.17) is 21.4 Å². The van der Waals surface area contributed by atoms with Gasteiger partial charge in [0.2, 0.25) is 0 Å². The molecule has 0 bridgehead atoms. The molecule has 0 saturated heterocycles. The molecule has 4 rings (SSSR count). The number of halogens is 2. The van der Waals surface area contributed by atoms with E-state index in [9.17, 15) is 9.18 Å². The first-order valence-corrected chi connectivity index (χ1v) is 13.6. The van der Waals surface area contributed by atoms with Crippen LogP contribution in [0.5, 0.6) is 0 Å². The summed E-state index contributed by atoms with van der Waals surface area (Å²) < 4.78 is 19.5. The number of fused-ring (bicyclic) bond motifs is 1. The Morgan fingerprint density at radius 1 is 1.18 bits per heavy atom. The van der Waals surface area contributed by atoms with Gasteiger partial charge in [-0.1, -0.05) is 30.3 Å². The number of thioether (sulfide) groups is 1. The van der Waals surface area contributed by atoms with E-state index >= 15 is 0 Å². The fourth-order valence-corrected chi connectivity index (χ4v) is 7.19.